The molecule has 0 amide bonds. The summed E-state index contributed by atoms with van der Waals surface area (Å²) in [6.45, 7) is 4.83. The van der Waals surface area contributed by atoms with Gasteiger partial charge in [0.2, 0.25) is 5.88 Å². The van der Waals surface area contributed by atoms with Crippen molar-refractivity contribution in [3.05, 3.63) is 56.7 Å². The molecule has 0 atom stereocenters. The Balaban J connectivity index is 2.10. The highest BCUT2D eigenvalue weighted by Gasteiger charge is 2.24. The number of hydrogen-bond donors (Lipinski definition) is 1. The van der Waals surface area contributed by atoms with Crippen molar-refractivity contribution in [1.29, 1.82) is 0 Å². The molecule has 0 aromatic carbocycles. The number of carbonyl (C=O) groups excluding carboxylic acids is 1. The summed E-state index contributed by atoms with van der Waals surface area (Å²) in [5.41, 5.74) is -0.387. The molecule has 3 aromatic heterocycles. The van der Waals surface area contributed by atoms with Crippen molar-refractivity contribution in [2.75, 3.05) is 0 Å². The second-order valence-corrected chi connectivity index (χ2v) is 7.13. The van der Waals surface area contributed by atoms with Crippen molar-refractivity contribution >= 4 is 17.4 Å². The molecule has 0 saturated heterocycles. The highest BCUT2D eigenvalue weighted by atomic mass is 35.5. The smallest absolute Gasteiger partial charge is 0.352 e. The summed E-state index contributed by atoms with van der Waals surface area (Å²) in [6, 6.07) is 2.47. The molecule has 0 aliphatic carbocycles. The lowest BCUT2D eigenvalue weighted by Crippen LogP contribution is -2.26. The molecule has 0 unspecified atom stereocenters. The molecule has 3 aromatic rings. The van der Waals surface area contributed by atoms with Gasteiger partial charge in [-0.15, -0.1) is 10.2 Å². The summed E-state index contributed by atoms with van der Waals surface area (Å²) in [4.78, 5) is 29.5. The van der Waals surface area contributed by atoms with E-state index in [0.29, 0.717) is 5.56 Å². The number of rotatable bonds is 8. The van der Waals surface area contributed by atoms with E-state index in [0.717, 1.165) is 10.7 Å². The molecule has 164 valence electrons. The molecule has 0 radical (unpaired) electrons. The lowest BCUT2D eigenvalue weighted by molar-refractivity contribution is 0.0985. The molecule has 1 N–H and O–H groups in total. The van der Waals surface area contributed by atoms with Crippen molar-refractivity contribution in [2.24, 2.45) is 0 Å². The van der Waals surface area contributed by atoms with Gasteiger partial charge in [-0.3, -0.25) is 9.36 Å². The number of aliphatic hydroxyl groups excluding tert-OH is 1. The van der Waals surface area contributed by atoms with E-state index in [2.05, 4.69) is 20.3 Å². The van der Waals surface area contributed by atoms with Crippen LogP contribution in [0.5, 0.6) is 5.88 Å². The number of Topliss-reactive ketones (excluding diaryl/α,β-unsaturated/α-hetero) is 1. The highest BCUT2D eigenvalue weighted by molar-refractivity contribution is 6.30. The Morgan fingerprint density at radius 1 is 1.39 bits per heavy atom. The summed E-state index contributed by atoms with van der Waals surface area (Å²) in [5.74, 6) is -2.00. The third-order valence-corrected chi connectivity index (χ3v) is 4.59. The third-order valence-electron chi connectivity index (χ3n) is 4.27. The minimum Gasteiger partial charge on any atom is -0.474 e. The van der Waals surface area contributed by atoms with Gasteiger partial charge in [0.05, 0.1) is 11.7 Å². The molecule has 31 heavy (non-hydrogen) atoms. The number of hydrogen-bond acceptors (Lipinski definition) is 8. The van der Waals surface area contributed by atoms with E-state index in [9.17, 15) is 19.1 Å². The van der Waals surface area contributed by atoms with Gasteiger partial charge in [0.1, 0.15) is 6.61 Å². The summed E-state index contributed by atoms with van der Waals surface area (Å²) >= 11 is 5.96. The number of aliphatic hydroxyl groups is 1. The van der Waals surface area contributed by atoms with Crippen molar-refractivity contribution in [3.8, 4) is 11.7 Å². The van der Waals surface area contributed by atoms with Crippen LogP contribution in [0.1, 0.15) is 42.5 Å². The van der Waals surface area contributed by atoms with Gasteiger partial charge in [-0.2, -0.15) is 14.8 Å². The fraction of sp³-hybridized carbons (Fsp3) is 0.368. The maximum Gasteiger partial charge on any atom is 0.352 e. The van der Waals surface area contributed by atoms with Gasteiger partial charge in [0.15, 0.2) is 28.4 Å². The van der Waals surface area contributed by atoms with E-state index in [1.165, 1.54) is 16.8 Å². The molecule has 3 rings (SSSR count). The second kappa shape index (κ2) is 9.31. The molecular weight excluding hydrogens is 431 g/mol. The first-order valence-corrected chi connectivity index (χ1v) is 9.81. The third kappa shape index (κ3) is 4.62. The van der Waals surface area contributed by atoms with Crippen LogP contribution in [0.3, 0.4) is 0 Å². The lowest BCUT2D eigenvalue weighted by Gasteiger charge is -2.14. The van der Waals surface area contributed by atoms with Crippen LogP contribution in [0.25, 0.3) is 5.82 Å². The Hall–Kier alpha value is -3.18. The fourth-order valence-electron chi connectivity index (χ4n) is 2.87. The predicted octanol–water partition coefficient (Wildman–Crippen LogP) is 1.74. The normalized spacial score (nSPS) is 11.2. The molecule has 10 nitrogen and oxygen atoms in total. The number of aromatic nitrogens is 6. The number of ketones is 1. The lowest BCUT2D eigenvalue weighted by atomic mass is 10.1. The largest absolute Gasteiger partial charge is 0.474 e. The molecular formula is C19H20ClFN6O4. The van der Waals surface area contributed by atoms with Crippen molar-refractivity contribution in [2.45, 2.75) is 46.4 Å². The Kier molecular flexibility index (Phi) is 6.76. The summed E-state index contributed by atoms with van der Waals surface area (Å²) < 4.78 is 22.5. The Bertz CT molecular complexity index is 1180. The molecule has 0 fully saturated rings. The zero-order valence-corrected chi connectivity index (χ0v) is 17.8. The van der Waals surface area contributed by atoms with Crippen molar-refractivity contribution in [1.82, 2.24) is 29.5 Å². The predicted molar refractivity (Wildman–Crippen MR) is 108 cm³/mol. The van der Waals surface area contributed by atoms with E-state index in [1.54, 1.807) is 20.8 Å². The molecule has 0 aliphatic rings. The first kappa shape index (κ1) is 22.5. The Morgan fingerprint density at radius 2 is 2.13 bits per heavy atom. The zero-order chi connectivity index (χ0) is 22.7. The minimum absolute atomic E-state index is 0.0556. The SMILES string of the molecule is CCn1c(CO)nn(-c2nc(OC(C)C)c(C(=O)Cc3ccnnc3Cl)cc2F)c1=O. The van der Waals surface area contributed by atoms with Gasteiger partial charge in [0.25, 0.3) is 0 Å². The van der Waals surface area contributed by atoms with E-state index in [4.69, 9.17) is 16.3 Å². The van der Waals surface area contributed by atoms with Crippen LogP contribution in [0.4, 0.5) is 4.39 Å². The van der Waals surface area contributed by atoms with E-state index >= 15 is 0 Å². The van der Waals surface area contributed by atoms with Gasteiger partial charge in [-0.05, 0) is 32.9 Å². The molecule has 0 aliphatic heterocycles. The zero-order valence-electron chi connectivity index (χ0n) is 17.0. The van der Waals surface area contributed by atoms with Crippen LogP contribution in [0, 0.1) is 5.82 Å². The van der Waals surface area contributed by atoms with Gasteiger partial charge in [-0.1, -0.05) is 11.6 Å². The first-order valence-electron chi connectivity index (χ1n) is 9.43. The maximum atomic E-state index is 15.0. The molecule has 0 spiro atoms. The molecule has 3 heterocycles. The van der Waals surface area contributed by atoms with Crippen LogP contribution >= 0.6 is 11.6 Å². The van der Waals surface area contributed by atoms with E-state index < -0.39 is 29.7 Å². The minimum atomic E-state index is -0.953. The topological polar surface area (TPSA) is 125 Å². The average Bonchev–Trinajstić information content (AvgIpc) is 3.05. The van der Waals surface area contributed by atoms with E-state index in [1.807, 2.05) is 0 Å². The Morgan fingerprint density at radius 3 is 2.71 bits per heavy atom. The number of ether oxygens (including phenoxy) is 1. The quantitative estimate of drug-likeness (QED) is 0.514. The molecule has 0 bridgehead atoms. The van der Waals surface area contributed by atoms with Crippen molar-refractivity contribution < 1.29 is 19.0 Å². The van der Waals surface area contributed by atoms with E-state index in [-0.39, 0.29) is 41.5 Å². The number of halogens is 2. The number of nitrogens with zero attached hydrogens (tertiary/aromatic N) is 6. The van der Waals surface area contributed by atoms with Crippen molar-refractivity contribution in [3.63, 3.8) is 0 Å². The van der Waals surface area contributed by atoms with Crippen LogP contribution < -0.4 is 10.4 Å². The van der Waals surface area contributed by atoms with Crippen LogP contribution in [0.2, 0.25) is 5.15 Å². The van der Waals surface area contributed by atoms with Gasteiger partial charge >= 0.3 is 5.69 Å². The summed E-state index contributed by atoms with van der Waals surface area (Å²) in [6.07, 6.45) is 0.820. The fourth-order valence-corrected chi connectivity index (χ4v) is 3.05. The highest BCUT2D eigenvalue weighted by Crippen LogP contribution is 2.25. The van der Waals surface area contributed by atoms with Crippen LogP contribution in [0.15, 0.2) is 23.1 Å². The van der Waals surface area contributed by atoms with Crippen LogP contribution in [-0.2, 0) is 19.6 Å². The van der Waals surface area contributed by atoms with Gasteiger partial charge in [-0.25, -0.2) is 9.18 Å². The van der Waals surface area contributed by atoms with Crippen LogP contribution in [-0.4, -0.2) is 46.5 Å². The number of pyridine rings is 1. The standard InChI is InChI=1S/C19H20ClFN6O4/c1-4-26-15(9-28)25-27(19(26)30)17-13(21)8-12(18(23-17)31-10(2)3)14(29)7-11-5-6-22-24-16(11)20/h5-6,8,10,28H,4,7,9H2,1-3H3. The molecule has 12 heteroatoms. The maximum absolute atomic E-state index is 15.0. The summed E-state index contributed by atoms with van der Waals surface area (Å²) in [7, 11) is 0. The Labute approximate surface area is 181 Å². The monoisotopic (exact) mass is 450 g/mol. The second-order valence-electron chi connectivity index (χ2n) is 6.77. The first-order chi connectivity index (χ1) is 14.8. The summed E-state index contributed by atoms with van der Waals surface area (Å²) in [5, 5.41) is 20.7. The number of carbonyl (C=O) groups is 1. The molecule has 0 saturated carbocycles. The average molecular weight is 451 g/mol. The van der Waals surface area contributed by atoms with Gasteiger partial charge in [0, 0.05) is 24.7 Å². The van der Waals surface area contributed by atoms with Gasteiger partial charge < -0.3 is 9.84 Å².